The van der Waals surface area contributed by atoms with Crippen molar-refractivity contribution in [1.82, 2.24) is 9.80 Å². The molecule has 0 aromatic heterocycles. The normalized spacial score (nSPS) is 43.6. The van der Waals surface area contributed by atoms with E-state index in [1.54, 1.807) is 0 Å². The van der Waals surface area contributed by atoms with Gasteiger partial charge < -0.3 is 4.90 Å². The summed E-state index contributed by atoms with van der Waals surface area (Å²) < 4.78 is 0. The standard InChI is InChI=1S/C13H26N2/c1-11(2)15-9-12(3)6-7-14(5)8-13(12,4)10-15/h11H,6-10H2,1-5H3/t12-,13+/m0/s1. The summed E-state index contributed by atoms with van der Waals surface area (Å²) in [6.07, 6.45) is 1.36. The minimum absolute atomic E-state index is 0.504. The first-order valence-electron chi connectivity index (χ1n) is 6.29. The van der Waals surface area contributed by atoms with Crippen LogP contribution in [0.5, 0.6) is 0 Å². The highest BCUT2D eigenvalue weighted by molar-refractivity contribution is 5.06. The van der Waals surface area contributed by atoms with Gasteiger partial charge in [-0.05, 0) is 44.7 Å². The lowest BCUT2D eigenvalue weighted by atomic mass is 9.64. The molecule has 0 amide bonds. The van der Waals surface area contributed by atoms with Gasteiger partial charge in [0.05, 0.1) is 0 Å². The molecular weight excluding hydrogens is 184 g/mol. The van der Waals surface area contributed by atoms with E-state index < -0.39 is 0 Å². The van der Waals surface area contributed by atoms with E-state index in [0.717, 1.165) is 0 Å². The van der Waals surface area contributed by atoms with Crippen LogP contribution in [0.25, 0.3) is 0 Å². The maximum Gasteiger partial charge on any atom is 0.00562 e. The van der Waals surface area contributed by atoms with Crippen molar-refractivity contribution in [2.45, 2.75) is 40.2 Å². The van der Waals surface area contributed by atoms with E-state index >= 15 is 0 Å². The minimum Gasteiger partial charge on any atom is -0.306 e. The zero-order valence-electron chi connectivity index (χ0n) is 11.0. The van der Waals surface area contributed by atoms with Gasteiger partial charge in [0, 0.05) is 25.7 Å². The second kappa shape index (κ2) is 3.46. The van der Waals surface area contributed by atoms with Crippen molar-refractivity contribution in [1.29, 1.82) is 0 Å². The van der Waals surface area contributed by atoms with Gasteiger partial charge in [0.1, 0.15) is 0 Å². The molecule has 2 heterocycles. The summed E-state index contributed by atoms with van der Waals surface area (Å²) >= 11 is 0. The van der Waals surface area contributed by atoms with Gasteiger partial charge in [0.15, 0.2) is 0 Å². The van der Waals surface area contributed by atoms with E-state index in [0.29, 0.717) is 16.9 Å². The monoisotopic (exact) mass is 210 g/mol. The second-order valence-electron chi connectivity index (χ2n) is 6.61. The van der Waals surface area contributed by atoms with E-state index in [-0.39, 0.29) is 0 Å². The fourth-order valence-electron chi connectivity index (χ4n) is 3.43. The lowest BCUT2D eigenvalue weighted by Gasteiger charge is -2.47. The first-order valence-corrected chi connectivity index (χ1v) is 6.29. The van der Waals surface area contributed by atoms with Crippen molar-refractivity contribution in [3.05, 3.63) is 0 Å². The highest BCUT2D eigenvalue weighted by atomic mass is 15.2. The van der Waals surface area contributed by atoms with Crippen molar-refractivity contribution >= 4 is 0 Å². The summed E-state index contributed by atoms with van der Waals surface area (Å²) in [5, 5.41) is 0. The van der Waals surface area contributed by atoms with Crippen LogP contribution < -0.4 is 0 Å². The molecule has 0 unspecified atom stereocenters. The van der Waals surface area contributed by atoms with Gasteiger partial charge in [-0.2, -0.15) is 0 Å². The lowest BCUT2D eigenvalue weighted by Crippen LogP contribution is -2.51. The smallest absolute Gasteiger partial charge is 0.00562 e. The number of nitrogens with zero attached hydrogens (tertiary/aromatic N) is 2. The third-order valence-corrected chi connectivity index (χ3v) is 4.96. The molecule has 15 heavy (non-hydrogen) atoms. The van der Waals surface area contributed by atoms with Crippen LogP contribution in [0.3, 0.4) is 0 Å². The zero-order valence-corrected chi connectivity index (χ0v) is 11.0. The second-order valence-corrected chi connectivity index (χ2v) is 6.61. The number of likely N-dealkylation sites (tertiary alicyclic amines) is 2. The summed E-state index contributed by atoms with van der Waals surface area (Å²) in [7, 11) is 2.27. The Morgan fingerprint density at radius 2 is 1.60 bits per heavy atom. The zero-order chi connectivity index (χ0) is 11.3. The predicted octanol–water partition coefficient (Wildman–Crippen LogP) is 2.06. The lowest BCUT2D eigenvalue weighted by molar-refractivity contribution is 0.0234. The molecule has 0 bridgehead atoms. The molecular formula is C13H26N2. The molecule has 0 saturated carbocycles. The third-order valence-electron chi connectivity index (χ3n) is 4.96. The molecule has 2 atom stereocenters. The van der Waals surface area contributed by atoms with E-state index in [9.17, 15) is 0 Å². The Morgan fingerprint density at radius 1 is 1.00 bits per heavy atom. The summed E-state index contributed by atoms with van der Waals surface area (Å²) in [6, 6.07) is 0.703. The molecule has 2 rings (SSSR count). The average Bonchev–Trinajstić information content (AvgIpc) is 2.38. The van der Waals surface area contributed by atoms with Gasteiger partial charge in [0.2, 0.25) is 0 Å². The number of hydrogen-bond donors (Lipinski definition) is 0. The minimum atomic E-state index is 0.504. The van der Waals surface area contributed by atoms with Crippen LogP contribution >= 0.6 is 0 Å². The molecule has 0 N–H and O–H groups in total. The van der Waals surface area contributed by atoms with E-state index in [2.05, 4.69) is 44.5 Å². The molecule has 2 saturated heterocycles. The topological polar surface area (TPSA) is 6.48 Å². The van der Waals surface area contributed by atoms with Crippen molar-refractivity contribution < 1.29 is 0 Å². The molecule has 0 aliphatic carbocycles. The highest BCUT2D eigenvalue weighted by Gasteiger charge is 2.54. The van der Waals surface area contributed by atoms with Crippen molar-refractivity contribution in [2.75, 3.05) is 33.2 Å². The van der Waals surface area contributed by atoms with Crippen LogP contribution in [-0.4, -0.2) is 49.1 Å². The van der Waals surface area contributed by atoms with Gasteiger partial charge in [-0.25, -0.2) is 0 Å². The number of rotatable bonds is 1. The molecule has 2 nitrogen and oxygen atoms in total. The van der Waals surface area contributed by atoms with Gasteiger partial charge in [-0.15, -0.1) is 0 Å². The first kappa shape index (κ1) is 11.4. The Kier molecular flexibility index (Phi) is 2.63. The van der Waals surface area contributed by atoms with Crippen LogP contribution in [0.2, 0.25) is 0 Å². The van der Waals surface area contributed by atoms with E-state index in [1.165, 1.54) is 32.6 Å². The first-order chi connectivity index (χ1) is 6.86. The summed E-state index contributed by atoms with van der Waals surface area (Å²) in [4.78, 5) is 5.17. The Bertz CT molecular complexity index is 251. The van der Waals surface area contributed by atoms with Crippen LogP contribution in [-0.2, 0) is 0 Å². The predicted molar refractivity (Wildman–Crippen MR) is 65.0 cm³/mol. The molecule has 2 fully saturated rings. The molecule has 2 heteroatoms. The summed E-state index contributed by atoms with van der Waals surface area (Å²) in [5.74, 6) is 0. The van der Waals surface area contributed by atoms with Crippen molar-refractivity contribution in [3.8, 4) is 0 Å². The van der Waals surface area contributed by atoms with Gasteiger partial charge >= 0.3 is 0 Å². The fourth-order valence-corrected chi connectivity index (χ4v) is 3.43. The van der Waals surface area contributed by atoms with Gasteiger partial charge in [-0.1, -0.05) is 13.8 Å². The highest BCUT2D eigenvalue weighted by Crippen LogP contribution is 2.51. The molecule has 2 aliphatic rings. The van der Waals surface area contributed by atoms with E-state index in [1.807, 2.05) is 0 Å². The largest absolute Gasteiger partial charge is 0.306 e. The number of hydrogen-bond acceptors (Lipinski definition) is 2. The average molecular weight is 210 g/mol. The third kappa shape index (κ3) is 1.72. The Balaban J connectivity index is 2.20. The van der Waals surface area contributed by atoms with Crippen LogP contribution in [0.15, 0.2) is 0 Å². The van der Waals surface area contributed by atoms with Gasteiger partial charge in [0.25, 0.3) is 0 Å². The molecule has 0 spiro atoms. The number of piperidine rings is 1. The molecule has 0 aromatic rings. The SMILES string of the molecule is CC(C)N1C[C@]2(C)CCN(C)C[C@]2(C)C1. The van der Waals surface area contributed by atoms with Crippen LogP contribution in [0.4, 0.5) is 0 Å². The Morgan fingerprint density at radius 3 is 2.20 bits per heavy atom. The van der Waals surface area contributed by atoms with Crippen LogP contribution in [0, 0.1) is 10.8 Å². The fraction of sp³-hybridized carbons (Fsp3) is 1.00. The van der Waals surface area contributed by atoms with Gasteiger partial charge in [-0.3, -0.25) is 4.90 Å². The summed E-state index contributed by atoms with van der Waals surface area (Å²) in [6.45, 7) is 14.8. The Hall–Kier alpha value is -0.0800. The van der Waals surface area contributed by atoms with Crippen molar-refractivity contribution in [2.24, 2.45) is 10.8 Å². The summed E-state index contributed by atoms with van der Waals surface area (Å²) in [5.41, 5.74) is 1.05. The maximum atomic E-state index is 2.67. The quantitative estimate of drug-likeness (QED) is 0.653. The number of fused-ring (bicyclic) bond motifs is 1. The van der Waals surface area contributed by atoms with Crippen LogP contribution in [0.1, 0.15) is 34.1 Å². The molecule has 88 valence electrons. The molecule has 0 radical (unpaired) electrons. The van der Waals surface area contributed by atoms with E-state index in [4.69, 9.17) is 0 Å². The van der Waals surface area contributed by atoms with Crippen molar-refractivity contribution in [3.63, 3.8) is 0 Å². The maximum absolute atomic E-state index is 2.67. The Labute approximate surface area is 94.6 Å². The molecule has 2 aliphatic heterocycles. The molecule has 0 aromatic carbocycles.